The van der Waals surface area contributed by atoms with Gasteiger partial charge in [0, 0.05) is 7.05 Å². The van der Waals surface area contributed by atoms with E-state index >= 15 is 0 Å². The van der Waals surface area contributed by atoms with Crippen LogP contribution < -0.4 is 0 Å². The molecule has 0 bridgehead atoms. The number of carbonyl (C=O) groups is 1. The zero-order chi connectivity index (χ0) is 18.4. The highest BCUT2D eigenvalue weighted by Crippen LogP contribution is 2.13. The Hall–Kier alpha value is -1.64. The summed E-state index contributed by atoms with van der Waals surface area (Å²) in [6, 6.07) is 6.40. The van der Waals surface area contributed by atoms with E-state index < -0.39 is 21.8 Å². The molecule has 0 unspecified atom stereocenters. The molecular formula is C16H25NO6S. The van der Waals surface area contributed by atoms with Gasteiger partial charge in [-0.15, -0.1) is 0 Å². The Bertz CT molecular complexity index is 634. The van der Waals surface area contributed by atoms with E-state index in [1.807, 2.05) is 6.92 Å². The summed E-state index contributed by atoms with van der Waals surface area (Å²) in [5.41, 5.74) is 0.354. The monoisotopic (exact) mass is 359 g/mol. The summed E-state index contributed by atoms with van der Waals surface area (Å²) in [5.74, 6) is 0. The highest BCUT2D eigenvalue weighted by atomic mass is 32.2. The first-order valence-electron chi connectivity index (χ1n) is 7.57. The van der Waals surface area contributed by atoms with E-state index in [1.165, 1.54) is 19.2 Å². The van der Waals surface area contributed by atoms with Gasteiger partial charge in [-0.05, 0) is 46.2 Å². The molecule has 1 rings (SSSR count). The van der Waals surface area contributed by atoms with Gasteiger partial charge in [0.15, 0.2) is 0 Å². The topological polar surface area (TPSA) is 82.1 Å². The summed E-state index contributed by atoms with van der Waals surface area (Å²) in [4.78, 5) is 16.9. The molecule has 0 atom stereocenters. The van der Waals surface area contributed by atoms with Crippen LogP contribution in [0, 0.1) is 6.92 Å². The highest BCUT2D eigenvalue weighted by molar-refractivity contribution is 7.86. The minimum Gasteiger partial charge on any atom is -0.442 e. The number of benzene rings is 1. The lowest BCUT2D eigenvalue weighted by atomic mass is 10.2. The fourth-order valence-electron chi connectivity index (χ4n) is 1.58. The van der Waals surface area contributed by atoms with Gasteiger partial charge in [-0.3, -0.25) is 9.02 Å². The molecule has 1 amide bonds. The number of carbonyl (C=O) groups excluding carboxylic acids is 1. The Morgan fingerprint density at radius 3 is 2.25 bits per heavy atom. The molecule has 1 aromatic rings. The molecule has 24 heavy (non-hydrogen) atoms. The number of hydrogen-bond donors (Lipinski definition) is 0. The van der Waals surface area contributed by atoms with Crippen LogP contribution in [0.15, 0.2) is 29.2 Å². The van der Waals surface area contributed by atoms with E-state index in [4.69, 9.17) is 13.8 Å². The van der Waals surface area contributed by atoms with Crippen molar-refractivity contribution in [3.63, 3.8) is 0 Å². The van der Waals surface area contributed by atoms with Gasteiger partial charge >= 0.3 is 6.09 Å². The zero-order valence-corrected chi connectivity index (χ0v) is 15.6. The van der Waals surface area contributed by atoms with Gasteiger partial charge in [0.25, 0.3) is 10.1 Å². The van der Waals surface area contributed by atoms with Crippen molar-refractivity contribution >= 4 is 16.2 Å². The van der Waals surface area contributed by atoms with Crippen molar-refractivity contribution in [2.24, 2.45) is 0 Å². The minimum absolute atomic E-state index is 0.0433. The molecule has 136 valence electrons. The minimum atomic E-state index is -3.78. The largest absolute Gasteiger partial charge is 0.442 e. The third-order valence-corrected chi connectivity index (χ3v) is 4.10. The molecule has 0 saturated carbocycles. The normalized spacial score (nSPS) is 12.0. The van der Waals surface area contributed by atoms with Crippen LogP contribution in [0.3, 0.4) is 0 Å². The van der Waals surface area contributed by atoms with Crippen LogP contribution in [0.25, 0.3) is 0 Å². The summed E-state index contributed by atoms with van der Waals surface area (Å²) in [7, 11) is -2.35. The SMILES string of the molecule is Cc1ccc(S(=O)(=O)OCCCON(C)C(=O)OC(C)(C)C)cc1. The molecule has 1 aromatic carbocycles. The van der Waals surface area contributed by atoms with Crippen molar-refractivity contribution in [1.29, 1.82) is 0 Å². The molecule has 8 heteroatoms. The first kappa shape index (κ1) is 20.4. The van der Waals surface area contributed by atoms with Crippen molar-refractivity contribution in [2.45, 2.75) is 44.6 Å². The van der Waals surface area contributed by atoms with Gasteiger partial charge in [-0.1, -0.05) is 17.7 Å². The Kier molecular flexibility index (Phi) is 7.19. The average molecular weight is 359 g/mol. The van der Waals surface area contributed by atoms with E-state index in [1.54, 1.807) is 32.9 Å². The quantitative estimate of drug-likeness (QED) is 0.423. The van der Waals surface area contributed by atoms with E-state index in [0.717, 1.165) is 10.6 Å². The van der Waals surface area contributed by atoms with Gasteiger partial charge in [-0.2, -0.15) is 13.5 Å². The Morgan fingerprint density at radius 1 is 1.12 bits per heavy atom. The number of nitrogens with zero attached hydrogens (tertiary/aromatic N) is 1. The second kappa shape index (κ2) is 8.46. The smallest absolute Gasteiger partial charge is 0.434 e. The van der Waals surface area contributed by atoms with Gasteiger partial charge in [0.2, 0.25) is 0 Å². The highest BCUT2D eigenvalue weighted by Gasteiger charge is 2.20. The third-order valence-electron chi connectivity index (χ3n) is 2.77. The summed E-state index contributed by atoms with van der Waals surface area (Å²) in [6.07, 6.45) is -0.311. The summed E-state index contributed by atoms with van der Waals surface area (Å²) in [6.45, 7) is 7.21. The Labute approximate surface area is 143 Å². The fourth-order valence-corrected chi connectivity index (χ4v) is 2.52. The Morgan fingerprint density at radius 2 is 1.71 bits per heavy atom. The summed E-state index contributed by atoms with van der Waals surface area (Å²) in [5, 5.41) is 0.972. The van der Waals surface area contributed by atoms with E-state index in [-0.39, 0.29) is 18.1 Å². The van der Waals surface area contributed by atoms with E-state index in [9.17, 15) is 13.2 Å². The van der Waals surface area contributed by atoms with Crippen LogP contribution in [-0.2, 0) is 23.9 Å². The van der Waals surface area contributed by atoms with Gasteiger partial charge < -0.3 is 4.74 Å². The molecular weight excluding hydrogens is 334 g/mol. The number of hydrogen-bond acceptors (Lipinski definition) is 6. The Balaban J connectivity index is 2.33. The maximum absolute atomic E-state index is 12.0. The molecule has 0 heterocycles. The summed E-state index contributed by atoms with van der Waals surface area (Å²) >= 11 is 0. The van der Waals surface area contributed by atoms with E-state index in [2.05, 4.69) is 0 Å². The molecule has 0 aliphatic rings. The van der Waals surface area contributed by atoms with Gasteiger partial charge in [0.05, 0.1) is 18.1 Å². The van der Waals surface area contributed by atoms with Crippen LogP contribution >= 0.6 is 0 Å². The van der Waals surface area contributed by atoms with Crippen molar-refractivity contribution in [1.82, 2.24) is 5.06 Å². The molecule has 0 aliphatic heterocycles. The zero-order valence-electron chi connectivity index (χ0n) is 14.7. The number of aryl methyl sites for hydroxylation is 1. The van der Waals surface area contributed by atoms with Gasteiger partial charge in [-0.25, -0.2) is 4.79 Å². The van der Waals surface area contributed by atoms with Crippen molar-refractivity contribution in [2.75, 3.05) is 20.3 Å². The predicted octanol–water partition coefficient (Wildman–Crippen LogP) is 2.89. The average Bonchev–Trinajstić information content (AvgIpc) is 2.45. The maximum atomic E-state index is 12.0. The van der Waals surface area contributed by atoms with Crippen LogP contribution in [-0.4, -0.2) is 45.4 Å². The van der Waals surface area contributed by atoms with Crippen LogP contribution in [0.4, 0.5) is 4.79 Å². The molecule has 0 aliphatic carbocycles. The number of ether oxygens (including phenoxy) is 1. The van der Waals surface area contributed by atoms with Crippen LogP contribution in [0.2, 0.25) is 0 Å². The fraction of sp³-hybridized carbons (Fsp3) is 0.562. The molecule has 0 N–H and O–H groups in total. The predicted molar refractivity (Wildman–Crippen MR) is 88.9 cm³/mol. The van der Waals surface area contributed by atoms with Crippen LogP contribution in [0.1, 0.15) is 32.8 Å². The number of amides is 1. The lowest BCUT2D eigenvalue weighted by molar-refractivity contribution is -0.132. The van der Waals surface area contributed by atoms with E-state index in [0.29, 0.717) is 6.42 Å². The standard InChI is InChI=1S/C16H25NO6S/c1-13-7-9-14(10-8-13)24(19,20)22-12-6-11-21-17(5)15(18)23-16(2,3)4/h7-10H,6,11-12H2,1-5H3. The van der Waals surface area contributed by atoms with Crippen molar-refractivity contribution < 1.29 is 27.0 Å². The van der Waals surface area contributed by atoms with Crippen molar-refractivity contribution in [3.8, 4) is 0 Å². The lowest BCUT2D eigenvalue weighted by Crippen LogP contribution is -2.34. The second-order valence-electron chi connectivity index (χ2n) is 6.25. The first-order chi connectivity index (χ1) is 11.0. The molecule has 0 fully saturated rings. The molecule has 0 radical (unpaired) electrons. The molecule has 0 saturated heterocycles. The maximum Gasteiger partial charge on any atom is 0.434 e. The summed E-state index contributed by atoms with van der Waals surface area (Å²) < 4.78 is 34.0. The lowest BCUT2D eigenvalue weighted by Gasteiger charge is -2.23. The first-order valence-corrected chi connectivity index (χ1v) is 8.98. The number of rotatable bonds is 7. The molecule has 7 nitrogen and oxygen atoms in total. The molecule has 0 spiro atoms. The van der Waals surface area contributed by atoms with Crippen LogP contribution in [0.5, 0.6) is 0 Å². The number of hydroxylamine groups is 2. The third kappa shape index (κ3) is 7.29. The van der Waals surface area contributed by atoms with Crippen molar-refractivity contribution in [3.05, 3.63) is 29.8 Å². The molecule has 0 aromatic heterocycles. The second-order valence-corrected chi connectivity index (χ2v) is 7.87. The van der Waals surface area contributed by atoms with Gasteiger partial charge in [0.1, 0.15) is 5.60 Å².